The minimum absolute atomic E-state index is 0.290. The molecule has 168 valence electrons. The molecule has 0 fully saturated rings. The molecule has 0 aliphatic heterocycles. The van der Waals surface area contributed by atoms with Crippen LogP contribution in [0.4, 0.5) is 4.79 Å². The van der Waals surface area contributed by atoms with Crippen LogP contribution in [0, 0.1) is 0 Å². The summed E-state index contributed by atoms with van der Waals surface area (Å²) in [6.45, 7) is 1.62. The van der Waals surface area contributed by atoms with Crippen LogP contribution < -0.4 is 24.8 Å². The molecule has 2 aromatic heterocycles. The van der Waals surface area contributed by atoms with E-state index in [1.54, 1.807) is 44.8 Å². The molecule has 2 heterocycles. The molecule has 0 saturated carbocycles. The number of benzene rings is 1. The predicted octanol–water partition coefficient (Wildman–Crippen LogP) is 3.30. The molecule has 0 bridgehead atoms. The van der Waals surface area contributed by atoms with Crippen molar-refractivity contribution in [2.75, 3.05) is 27.4 Å². The zero-order valence-electron chi connectivity index (χ0n) is 18.0. The number of nitrogens with zero attached hydrogens (tertiary/aromatic N) is 2. The number of carbonyl (C=O) groups excluding carboxylic acids is 1. The van der Waals surface area contributed by atoms with Crippen molar-refractivity contribution in [3.63, 3.8) is 0 Å². The molecule has 0 saturated heterocycles. The maximum Gasteiger partial charge on any atom is 0.315 e. The number of hydrogen-bond donors (Lipinski definition) is 2. The number of amides is 2. The van der Waals surface area contributed by atoms with Crippen molar-refractivity contribution in [2.24, 2.45) is 0 Å². The summed E-state index contributed by atoms with van der Waals surface area (Å²) >= 11 is 0. The van der Waals surface area contributed by atoms with E-state index in [1.807, 2.05) is 30.3 Å². The fourth-order valence-electron chi connectivity index (χ4n) is 2.62. The Hall–Kier alpha value is -3.85. The highest BCUT2D eigenvalue weighted by atomic mass is 16.5. The van der Waals surface area contributed by atoms with Crippen LogP contribution in [-0.4, -0.2) is 43.4 Å². The van der Waals surface area contributed by atoms with E-state index in [-0.39, 0.29) is 6.03 Å². The molecule has 2 amide bonds. The number of ether oxygens (including phenoxy) is 4. The normalized spacial score (nSPS) is 10.3. The van der Waals surface area contributed by atoms with Gasteiger partial charge in [0.15, 0.2) is 0 Å². The van der Waals surface area contributed by atoms with Crippen LogP contribution in [0.2, 0.25) is 0 Å². The van der Waals surface area contributed by atoms with E-state index in [1.165, 1.54) is 0 Å². The highest BCUT2D eigenvalue weighted by molar-refractivity contribution is 5.73. The van der Waals surface area contributed by atoms with Crippen LogP contribution in [0.3, 0.4) is 0 Å². The standard InChI is InChI=1S/C23H26N4O5/c1-29-10-11-31-21-8-6-17(13-24-21)15-26-23(28)27-16-18-7-9-22(25-14-18)32-20-5-3-4-19(12-20)30-2/h3-9,12-14H,10-11,15-16H2,1-2H3,(H2,26,27,28). The summed E-state index contributed by atoms with van der Waals surface area (Å²) in [5.74, 6) is 2.30. The van der Waals surface area contributed by atoms with Crippen LogP contribution in [0.5, 0.6) is 23.3 Å². The fourth-order valence-corrected chi connectivity index (χ4v) is 2.62. The average Bonchev–Trinajstić information content (AvgIpc) is 2.83. The Kier molecular flexibility index (Phi) is 8.64. The SMILES string of the molecule is COCCOc1ccc(CNC(=O)NCc2ccc(Oc3cccc(OC)c3)nc2)cn1. The summed E-state index contributed by atoms with van der Waals surface area (Å²) in [6, 6.07) is 14.2. The summed E-state index contributed by atoms with van der Waals surface area (Å²) in [4.78, 5) is 20.5. The van der Waals surface area contributed by atoms with Gasteiger partial charge in [0.1, 0.15) is 18.1 Å². The number of nitrogens with one attached hydrogen (secondary N) is 2. The minimum Gasteiger partial charge on any atom is -0.497 e. The molecule has 9 nitrogen and oxygen atoms in total. The minimum atomic E-state index is -0.290. The van der Waals surface area contributed by atoms with E-state index in [9.17, 15) is 4.79 Å². The number of carbonyl (C=O) groups is 1. The topological polar surface area (TPSA) is 104 Å². The molecule has 0 aliphatic rings. The number of aromatic nitrogens is 2. The van der Waals surface area contributed by atoms with Gasteiger partial charge < -0.3 is 29.6 Å². The van der Waals surface area contributed by atoms with Gasteiger partial charge >= 0.3 is 6.03 Å². The van der Waals surface area contributed by atoms with Crippen molar-refractivity contribution in [1.82, 2.24) is 20.6 Å². The number of pyridine rings is 2. The average molecular weight is 438 g/mol. The van der Waals surface area contributed by atoms with Crippen LogP contribution in [-0.2, 0) is 17.8 Å². The Bertz CT molecular complexity index is 980. The lowest BCUT2D eigenvalue weighted by molar-refractivity contribution is 0.143. The molecule has 9 heteroatoms. The lowest BCUT2D eigenvalue weighted by Crippen LogP contribution is -2.34. The third kappa shape index (κ3) is 7.44. The Morgan fingerprint density at radius 2 is 1.50 bits per heavy atom. The van der Waals surface area contributed by atoms with Crippen LogP contribution in [0.25, 0.3) is 0 Å². The molecule has 3 rings (SSSR count). The van der Waals surface area contributed by atoms with Crippen LogP contribution >= 0.6 is 0 Å². The van der Waals surface area contributed by atoms with Crippen molar-refractivity contribution in [1.29, 1.82) is 0 Å². The second-order valence-corrected chi connectivity index (χ2v) is 6.67. The van der Waals surface area contributed by atoms with E-state index in [4.69, 9.17) is 18.9 Å². The van der Waals surface area contributed by atoms with Gasteiger partial charge in [-0.3, -0.25) is 0 Å². The van der Waals surface area contributed by atoms with Crippen molar-refractivity contribution in [3.8, 4) is 23.3 Å². The van der Waals surface area contributed by atoms with Crippen molar-refractivity contribution in [3.05, 3.63) is 72.1 Å². The lowest BCUT2D eigenvalue weighted by Gasteiger charge is -2.09. The molecule has 0 radical (unpaired) electrons. The first-order chi connectivity index (χ1) is 15.7. The van der Waals surface area contributed by atoms with Gasteiger partial charge in [0.25, 0.3) is 0 Å². The molecule has 0 atom stereocenters. The summed E-state index contributed by atoms with van der Waals surface area (Å²) in [7, 11) is 3.21. The van der Waals surface area contributed by atoms with E-state index in [0.717, 1.165) is 11.1 Å². The lowest BCUT2D eigenvalue weighted by atomic mass is 10.3. The first kappa shape index (κ1) is 22.8. The smallest absolute Gasteiger partial charge is 0.315 e. The second kappa shape index (κ2) is 12.1. The summed E-state index contributed by atoms with van der Waals surface area (Å²) in [6.07, 6.45) is 3.31. The molecule has 32 heavy (non-hydrogen) atoms. The molecule has 1 aromatic carbocycles. The molecular formula is C23H26N4O5. The van der Waals surface area contributed by atoms with Crippen LogP contribution in [0.1, 0.15) is 11.1 Å². The van der Waals surface area contributed by atoms with Gasteiger partial charge in [0.2, 0.25) is 11.8 Å². The van der Waals surface area contributed by atoms with Gasteiger partial charge in [-0.05, 0) is 23.3 Å². The molecule has 0 aliphatic carbocycles. The van der Waals surface area contributed by atoms with Gasteiger partial charge in [-0.1, -0.05) is 18.2 Å². The molecule has 0 unspecified atom stereocenters. The first-order valence-electron chi connectivity index (χ1n) is 10.0. The number of rotatable bonds is 11. The molecular weight excluding hydrogens is 412 g/mol. The fraction of sp³-hybridized carbons (Fsp3) is 0.261. The number of urea groups is 1. The zero-order valence-corrected chi connectivity index (χ0v) is 18.0. The van der Waals surface area contributed by atoms with E-state index >= 15 is 0 Å². The van der Waals surface area contributed by atoms with Crippen molar-refractivity contribution in [2.45, 2.75) is 13.1 Å². The highest BCUT2D eigenvalue weighted by Crippen LogP contribution is 2.23. The maximum absolute atomic E-state index is 12.1. The highest BCUT2D eigenvalue weighted by Gasteiger charge is 2.04. The Balaban J connectivity index is 1.40. The van der Waals surface area contributed by atoms with Gasteiger partial charge in [-0.25, -0.2) is 14.8 Å². The van der Waals surface area contributed by atoms with Crippen molar-refractivity contribution < 1.29 is 23.7 Å². The zero-order chi connectivity index (χ0) is 22.6. The second-order valence-electron chi connectivity index (χ2n) is 6.67. The summed E-state index contributed by atoms with van der Waals surface area (Å²) < 4.78 is 21.2. The predicted molar refractivity (Wildman–Crippen MR) is 118 cm³/mol. The third-order valence-electron chi connectivity index (χ3n) is 4.30. The van der Waals surface area contributed by atoms with E-state index in [2.05, 4.69) is 20.6 Å². The van der Waals surface area contributed by atoms with Gasteiger partial charge in [0, 0.05) is 50.8 Å². The maximum atomic E-state index is 12.1. The Labute approximate surface area is 186 Å². The monoisotopic (exact) mass is 438 g/mol. The number of hydrogen-bond acceptors (Lipinski definition) is 7. The van der Waals surface area contributed by atoms with E-state index in [0.29, 0.717) is 49.6 Å². The third-order valence-corrected chi connectivity index (χ3v) is 4.30. The van der Waals surface area contributed by atoms with Gasteiger partial charge in [0.05, 0.1) is 13.7 Å². The summed E-state index contributed by atoms with van der Waals surface area (Å²) in [5.41, 5.74) is 1.71. The van der Waals surface area contributed by atoms with Gasteiger partial charge in [-0.15, -0.1) is 0 Å². The molecule has 3 aromatic rings. The van der Waals surface area contributed by atoms with Gasteiger partial charge in [-0.2, -0.15) is 0 Å². The first-order valence-corrected chi connectivity index (χ1v) is 10.0. The number of methoxy groups -OCH3 is 2. The largest absolute Gasteiger partial charge is 0.497 e. The summed E-state index contributed by atoms with van der Waals surface area (Å²) in [5, 5.41) is 5.58. The van der Waals surface area contributed by atoms with Crippen molar-refractivity contribution >= 4 is 6.03 Å². The quantitative estimate of drug-likeness (QED) is 0.443. The molecule has 0 spiro atoms. The van der Waals surface area contributed by atoms with E-state index < -0.39 is 0 Å². The Morgan fingerprint density at radius 1 is 0.844 bits per heavy atom. The molecule has 2 N–H and O–H groups in total. The van der Waals surface area contributed by atoms with Crippen LogP contribution in [0.15, 0.2) is 60.9 Å². The Morgan fingerprint density at radius 3 is 2.09 bits per heavy atom.